The number of nitrogens with one attached hydrogen (secondary N) is 1. The second kappa shape index (κ2) is 7.26. The molecule has 0 aliphatic heterocycles. The van der Waals surface area contributed by atoms with Crippen molar-refractivity contribution in [2.45, 2.75) is 26.5 Å². The molecule has 1 N–H and O–H groups in total. The maximum atomic E-state index is 5.93. The monoisotopic (exact) mass is 292 g/mol. The molecule has 0 aliphatic rings. The lowest BCUT2D eigenvalue weighted by Gasteiger charge is -2.14. The van der Waals surface area contributed by atoms with Crippen LogP contribution in [-0.4, -0.2) is 19.1 Å². The molecule has 1 aromatic carbocycles. The molecule has 20 heavy (non-hydrogen) atoms. The highest BCUT2D eigenvalue weighted by Gasteiger charge is 2.11. The lowest BCUT2D eigenvalue weighted by molar-refractivity contribution is 0.277. The molecule has 0 saturated heterocycles. The summed E-state index contributed by atoms with van der Waals surface area (Å²) in [6.45, 7) is 3.31. The summed E-state index contributed by atoms with van der Waals surface area (Å²) in [6, 6.07) is 5.91. The Morgan fingerprint density at radius 2 is 2.20 bits per heavy atom. The van der Waals surface area contributed by atoms with E-state index in [1.54, 1.807) is 18.4 Å². The largest absolute Gasteiger partial charge is 0.493 e. The number of para-hydroxylation sites is 1. The summed E-state index contributed by atoms with van der Waals surface area (Å²) >= 11 is 1.67. The molecule has 108 valence electrons. The van der Waals surface area contributed by atoms with Crippen LogP contribution < -0.4 is 14.8 Å². The minimum atomic E-state index is 0.466. The lowest BCUT2D eigenvalue weighted by atomic mass is 10.2. The fourth-order valence-corrected chi connectivity index (χ4v) is 2.67. The molecule has 1 aromatic heterocycles. The molecule has 0 radical (unpaired) electrons. The minimum absolute atomic E-state index is 0.466. The van der Waals surface area contributed by atoms with Gasteiger partial charge in [0.2, 0.25) is 0 Å². The van der Waals surface area contributed by atoms with Crippen LogP contribution in [0, 0.1) is 0 Å². The van der Waals surface area contributed by atoms with E-state index in [9.17, 15) is 0 Å². The smallest absolute Gasteiger partial charge is 0.166 e. The molecule has 1 heterocycles. The third-order valence-electron chi connectivity index (χ3n) is 2.91. The first-order valence-corrected chi connectivity index (χ1v) is 7.53. The Hall–Kier alpha value is -1.59. The second-order valence-electron chi connectivity index (χ2n) is 4.35. The molecule has 0 unspecified atom stereocenters. The van der Waals surface area contributed by atoms with Crippen molar-refractivity contribution < 1.29 is 9.47 Å². The van der Waals surface area contributed by atoms with Gasteiger partial charge in [-0.2, -0.15) is 0 Å². The van der Waals surface area contributed by atoms with E-state index in [2.05, 4.69) is 17.2 Å². The molecule has 0 spiro atoms. The number of hydrogen-bond donors (Lipinski definition) is 1. The van der Waals surface area contributed by atoms with Gasteiger partial charge in [-0.1, -0.05) is 19.1 Å². The van der Waals surface area contributed by atoms with Gasteiger partial charge in [-0.3, -0.25) is 0 Å². The van der Waals surface area contributed by atoms with Crippen molar-refractivity contribution in [3.63, 3.8) is 0 Å². The predicted molar refractivity (Wildman–Crippen MR) is 81.6 cm³/mol. The van der Waals surface area contributed by atoms with Crippen LogP contribution in [0.4, 0.5) is 0 Å². The van der Waals surface area contributed by atoms with Crippen molar-refractivity contribution in [3.05, 3.63) is 39.8 Å². The van der Waals surface area contributed by atoms with Gasteiger partial charge in [0, 0.05) is 17.5 Å². The Morgan fingerprint density at radius 1 is 1.35 bits per heavy atom. The van der Waals surface area contributed by atoms with Crippen LogP contribution >= 0.6 is 11.3 Å². The molecule has 0 amide bonds. The average molecular weight is 292 g/mol. The third kappa shape index (κ3) is 3.49. The number of methoxy groups -OCH3 is 1. The maximum Gasteiger partial charge on any atom is 0.166 e. The summed E-state index contributed by atoms with van der Waals surface area (Å²) in [5, 5.41) is 6.32. The van der Waals surface area contributed by atoms with Gasteiger partial charge in [0.15, 0.2) is 11.5 Å². The van der Waals surface area contributed by atoms with E-state index >= 15 is 0 Å². The topological polar surface area (TPSA) is 43.4 Å². The summed E-state index contributed by atoms with van der Waals surface area (Å²) in [5.74, 6) is 1.54. The Morgan fingerprint density at radius 3 is 2.85 bits per heavy atom. The van der Waals surface area contributed by atoms with Gasteiger partial charge < -0.3 is 14.8 Å². The Bertz CT molecular complexity index is 555. The van der Waals surface area contributed by atoms with Crippen LogP contribution in [0.1, 0.15) is 23.2 Å². The quantitative estimate of drug-likeness (QED) is 0.852. The molecule has 0 atom stereocenters. The Labute approximate surface area is 123 Å². The van der Waals surface area contributed by atoms with Crippen molar-refractivity contribution >= 4 is 11.3 Å². The Kier molecular flexibility index (Phi) is 5.38. The van der Waals surface area contributed by atoms with E-state index in [1.807, 2.05) is 30.6 Å². The van der Waals surface area contributed by atoms with Gasteiger partial charge in [-0.25, -0.2) is 4.98 Å². The van der Waals surface area contributed by atoms with Crippen molar-refractivity contribution in [2.24, 2.45) is 0 Å². The third-order valence-corrected chi connectivity index (χ3v) is 3.96. The zero-order chi connectivity index (χ0) is 14.4. The SMILES string of the molecule is CCc1nc(COc2c(CNC)cccc2OC)cs1. The number of aryl methyl sites for hydroxylation is 1. The fraction of sp³-hybridized carbons (Fsp3) is 0.400. The number of nitrogens with zero attached hydrogens (tertiary/aromatic N) is 1. The van der Waals surface area contributed by atoms with Crippen LogP contribution in [0.5, 0.6) is 11.5 Å². The molecule has 0 bridgehead atoms. The van der Waals surface area contributed by atoms with Crippen molar-refractivity contribution in [1.29, 1.82) is 0 Å². The van der Waals surface area contributed by atoms with Crippen LogP contribution in [0.15, 0.2) is 23.6 Å². The maximum absolute atomic E-state index is 5.93. The summed E-state index contributed by atoms with van der Waals surface area (Å²) in [4.78, 5) is 4.51. The van der Waals surface area contributed by atoms with Gasteiger partial charge in [-0.15, -0.1) is 11.3 Å². The van der Waals surface area contributed by atoms with E-state index in [-0.39, 0.29) is 0 Å². The molecule has 0 fully saturated rings. The van der Waals surface area contributed by atoms with Gasteiger partial charge >= 0.3 is 0 Å². The number of hydrogen-bond acceptors (Lipinski definition) is 5. The van der Waals surface area contributed by atoms with Crippen LogP contribution in [-0.2, 0) is 19.6 Å². The standard InChI is InChI=1S/C15H20N2O2S/c1-4-14-17-12(10-20-14)9-19-15-11(8-16-2)6-5-7-13(15)18-3/h5-7,10,16H,4,8-9H2,1-3H3. The van der Waals surface area contributed by atoms with Crippen LogP contribution in [0.3, 0.4) is 0 Å². The highest BCUT2D eigenvalue weighted by Crippen LogP contribution is 2.31. The minimum Gasteiger partial charge on any atom is -0.493 e. The van der Waals surface area contributed by atoms with E-state index in [0.29, 0.717) is 6.61 Å². The van der Waals surface area contributed by atoms with Gasteiger partial charge in [0.05, 0.1) is 17.8 Å². The van der Waals surface area contributed by atoms with E-state index < -0.39 is 0 Å². The van der Waals surface area contributed by atoms with Crippen molar-refractivity contribution in [2.75, 3.05) is 14.2 Å². The zero-order valence-corrected chi connectivity index (χ0v) is 12.9. The number of benzene rings is 1. The number of thiazole rings is 1. The van der Waals surface area contributed by atoms with Crippen LogP contribution in [0.2, 0.25) is 0 Å². The molecular weight excluding hydrogens is 272 g/mol. The molecule has 0 aliphatic carbocycles. The molecular formula is C15H20N2O2S. The number of aromatic nitrogens is 1. The number of rotatable bonds is 7. The first-order chi connectivity index (χ1) is 9.78. The first-order valence-electron chi connectivity index (χ1n) is 6.65. The van der Waals surface area contributed by atoms with Crippen molar-refractivity contribution in [3.8, 4) is 11.5 Å². The molecule has 5 heteroatoms. The van der Waals surface area contributed by atoms with Gasteiger partial charge in [0.1, 0.15) is 6.61 Å². The molecule has 4 nitrogen and oxygen atoms in total. The Balaban J connectivity index is 2.14. The van der Waals surface area contributed by atoms with Gasteiger partial charge in [0.25, 0.3) is 0 Å². The predicted octanol–water partition coefficient (Wildman–Crippen LogP) is 3.01. The first kappa shape index (κ1) is 14.8. The zero-order valence-electron chi connectivity index (χ0n) is 12.1. The van der Waals surface area contributed by atoms with E-state index in [4.69, 9.17) is 9.47 Å². The summed E-state index contributed by atoms with van der Waals surface area (Å²) in [5.41, 5.74) is 2.05. The van der Waals surface area contributed by atoms with E-state index in [1.165, 1.54) is 0 Å². The summed E-state index contributed by atoms with van der Waals surface area (Å²) < 4.78 is 11.3. The van der Waals surface area contributed by atoms with Crippen LogP contribution in [0.25, 0.3) is 0 Å². The second-order valence-corrected chi connectivity index (χ2v) is 5.30. The molecule has 0 saturated carbocycles. The number of ether oxygens (including phenoxy) is 2. The lowest BCUT2D eigenvalue weighted by Crippen LogP contribution is -2.08. The highest BCUT2D eigenvalue weighted by atomic mass is 32.1. The van der Waals surface area contributed by atoms with Crippen molar-refractivity contribution in [1.82, 2.24) is 10.3 Å². The fourth-order valence-electron chi connectivity index (χ4n) is 1.94. The highest BCUT2D eigenvalue weighted by molar-refractivity contribution is 7.09. The molecule has 2 aromatic rings. The average Bonchev–Trinajstić information content (AvgIpc) is 2.94. The summed E-state index contributed by atoms with van der Waals surface area (Å²) in [6.07, 6.45) is 0.963. The molecule has 2 rings (SSSR count). The summed E-state index contributed by atoms with van der Waals surface area (Å²) in [7, 11) is 3.57. The van der Waals surface area contributed by atoms with Gasteiger partial charge in [-0.05, 0) is 19.5 Å². The van der Waals surface area contributed by atoms with E-state index in [0.717, 1.165) is 40.7 Å². The normalized spacial score (nSPS) is 10.6.